The minimum atomic E-state index is -0.162. The van der Waals surface area contributed by atoms with Crippen LogP contribution in [-0.2, 0) is 0 Å². The Kier molecular flexibility index (Phi) is 5.43. The Morgan fingerprint density at radius 2 is 2.32 bits per heavy atom. The lowest BCUT2D eigenvalue weighted by molar-refractivity contribution is 0.0119. The number of halogens is 1. The number of nitrogens with zero attached hydrogens (tertiary/aromatic N) is 1. The molecular weight excluding hydrogens is 324 g/mol. The second-order valence-electron chi connectivity index (χ2n) is 5.49. The molecule has 1 aromatic heterocycles. The van der Waals surface area contributed by atoms with Gasteiger partial charge in [-0.25, -0.2) is 0 Å². The highest BCUT2D eigenvalue weighted by atomic mass is 79.9. The summed E-state index contributed by atoms with van der Waals surface area (Å²) in [6.45, 7) is 6.12. The average Bonchev–Trinajstić information content (AvgIpc) is 2.80. The second kappa shape index (κ2) is 6.68. The smallest absolute Gasteiger partial charge is 0.0702 e. The normalized spacial score (nSPS) is 28.3. The molecule has 1 aliphatic rings. The highest BCUT2D eigenvalue weighted by Crippen LogP contribution is 2.35. The summed E-state index contributed by atoms with van der Waals surface area (Å²) in [5.74, 6) is 0.323. The molecule has 2 rings (SSSR count). The number of likely N-dealkylation sites (tertiary alicyclic amines) is 1. The third-order valence-electron chi connectivity index (χ3n) is 4.05. The maximum atomic E-state index is 9.88. The third kappa shape index (κ3) is 3.58. The van der Waals surface area contributed by atoms with Crippen molar-refractivity contribution in [1.29, 1.82) is 0 Å². The monoisotopic (exact) mass is 346 g/mol. The fourth-order valence-electron chi connectivity index (χ4n) is 2.79. The molecule has 108 valence electrons. The molecule has 1 aliphatic heterocycles. The van der Waals surface area contributed by atoms with Crippen molar-refractivity contribution in [1.82, 2.24) is 4.90 Å². The van der Waals surface area contributed by atoms with Crippen LogP contribution in [-0.4, -0.2) is 35.2 Å². The molecule has 0 aliphatic carbocycles. The van der Waals surface area contributed by atoms with Crippen molar-refractivity contribution >= 4 is 27.3 Å². The first-order valence-electron chi connectivity index (χ1n) is 6.95. The molecule has 1 aromatic rings. The summed E-state index contributed by atoms with van der Waals surface area (Å²) in [5, 5.41) is 9.88. The molecule has 4 atom stereocenters. The zero-order valence-corrected chi connectivity index (χ0v) is 14.0. The lowest BCUT2D eigenvalue weighted by atomic mass is 9.93. The van der Waals surface area contributed by atoms with Gasteiger partial charge in [0.1, 0.15) is 0 Å². The molecular formula is C14H23BrN2OS. The van der Waals surface area contributed by atoms with Crippen LogP contribution < -0.4 is 5.73 Å². The summed E-state index contributed by atoms with van der Waals surface area (Å²) in [7, 11) is 0. The number of hydrogen-bond donors (Lipinski definition) is 2. The summed E-state index contributed by atoms with van der Waals surface area (Å²) >= 11 is 5.30. The number of aliphatic hydroxyl groups is 1. The summed E-state index contributed by atoms with van der Waals surface area (Å²) in [4.78, 5) is 3.77. The van der Waals surface area contributed by atoms with Crippen molar-refractivity contribution in [3.63, 3.8) is 0 Å². The predicted octanol–water partition coefficient (Wildman–Crippen LogP) is 2.99. The van der Waals surface area contributed by atoms with E-state index < -0.39 is 0 Å². The van der Waals surface area contributed by atoms with Gasteiger partial charge >= 0.3 is 0 Å². The van der Waals surface area contributed by atoms with Crippen LogP contribution in [0.25, 0.3) is 0 Å². The third-order valence-corrected chi connectivity index (χ3v) is 5.74. The topological polar surface area (TPSA) is 49.5 Å². The van der Waals surface area contributed by atoms with E-state index in [-0.39, 0.29) is 18.2 Å². The number of piperidine rings is 1. The Morgan fingerprint density at radius 1 is 1.58 bits per heavy atom. The molecule has 0 spiro atoms. The van der Waals surface area contributed by atoms with Gasteiger partial charge in [-0.15, -0.1) is 11.3 Å². The van der Waals surface area contributed by atoms with Crippen molar-refractivity contribution < 1.29 is 5.11 Å². The quantitative estimate of drug-likeness (QED) is 0.880. The van der Waals surface area contributed by atoms with Crippen LogP contribution in [0, 0.1) is 5.92 Å². The number of aliphatic hydroxyl groups excluding tert-OH is 1. The Balaban J connectivity index is 2.18. The van der Waals surface area contributed by atoms with Gasteiger partial charge in [0, 0.05) is 24.0 Å². The highest BCUT2D eigenvalue weighted by Gasteiger charge is 2.32. The molecule has 4 unspecified atom stereocenters. The van der Waals surface area contributed by atoms with Gasteiger partial charge in [0.15, 0.2) is 0 Å². The Labute approximate surface area is 127 Å². The van der Waals surface area contributed by atoms with E-state index in [0.29, 0.717) is 5.92 Å². The first-order chi connectivity index (χ1) is 9.02. The van der Waals surface area contributed by atoms with Crippen molar-refractivity contribution in [2.75, 3.05) is 13.1 Å². The zero-order chi connectivity index (χ0) is 14.0. The zero-order valence-electron chi connectivity index (χ0n) is 11.6. The van der Waals surface area contributed by atoms with E-state index in [1.54, 1.807) is 11.3 Å². The summed E-state index contributed by atoms with van der Waals surface area (Å²) in [5.41, 5.74) is 6.36. The van der Waals surface area contributed by atoms with Gasteiger partial charge < -0.3 is 10.8 Å². The molecule has 0 aromatic carbocycles. The number of thiophene rings is 1. The maximum Gasteiger partial charge on any atom is 0.0702 e. The molecule has 1 saturated heterocycles. The van der Waals surface area contributed by atoms with Gasteiger partial charge in [0.25, 0.3) is 0 Å². The first kappa shape index (κ1) is 15.4. The van der Waals surface area contributed by atoms with E-state index in [9.17, 15) is 5.11 Å². The summed E-state index contributed by atoms with van der Waals surface area (Å²) < 4.78 is 1.15. The van der Waals surface area contributed by atoms with Crippen molar-refractivity contribution in [2.45, 2.75) is 44.9 Å². The lowest BCUT2D eigenvalue weighted by Crippen LogP contribution is -2.48. The largest absolute Gasteiger partial charge is 0.393 e. The molecule has 19 heavy (non-hydrogen) atoms. The summed E-state index contributed by atoms with van der Waals surface area (Å²) in [6, 6.07) is 4.69. The number of hydrogen-bond acceptors (Lipinski definition) is 4. The van der Waals surface area contributed by atoms with E-state index in [2.05, 4.69) is 46.8 Å². The molecule has 0 radical (unpaired) electrons. The molecule has 3 nitrogen and oxygen atoms in total. The Hall–Kier alpha value is 0.0600. The van der Waals surface area contributed by atoms with Crippen LogP contribution in [0.15, 0.2) is 15.9 Å². The SMILES string of the molecule is CCC(N)C(c1ccc(Br)s1)N1CCC(O)C(C)C1. The second-order valence-corrected chi connectivity index (χ2v) is 7.98. The van der Waals surface area contributed by atoms with Crippen LogP contribution in [0.3, 0.4) is 0 Å². The summed E-state index contributed by atoms with van der Waals surface area (Å²) in [6.07, 6.45) is 1.65. The van der Waals surface area contributed by atoms with Gasteiger partial charge in [-0.2, -0.15) is 0 Å². The van der Waals surface area contributed by atoms with Crippen molar-refractivity contribution in [3.05, 3.63) is 20.8 Å². The molecule has 0 saturated carbocycles. The molecule has 0 bridgehead atoms. The molecule has 2 heterocycles. The Morgan fingerprint density at radius 3 is 2.84 bits per heavy atom. The Bertz CT molecular complexity index is 412. The van der Waals surface area contributed by atoms with E-state index in [0.717, 1.165) is 29.7 Å². The average molecular weight is 347 g/mol. The molecule has 1 fully saturated rings. The first-order valence-corrected chi connectivity index (χ1v) is 8.56. The number of nitrogens with two attached hydrogens (primary N) is 1. The lowest BCUT2D eigenvalue weighted by Gasteiger charge is -2.41. The van der Waals surface area contributed by atoms with Crippen LogP contribution in [0.4, 0.5) is 0 Å². The van der Waals surface area contributed by atoms with E-state index in [1.165, 1.54) is 4.88 Å². The van der Waals surface area contributed by atoms with E-state index >= 15 is 0 Å². The molecule has 3 N–H and O–H groups in total. The van der Waals surface area contributed by atoms with Crippen LogP contribution in [0.2, 0.25) is 0 Å². The van der Waals surface area contributed by atoms with Crippen LogP contribution in [0.5, 0.6) is 0 Å². The fourth-order valence-corrected chi connectivity index (χ4v) is 4.43. The number of rotatable bonds is 4. The predicted molar refractivity (Wildman–Crippen MR) is 84.4 cm³/mol. The van der Waals surface area contributed by atoms with E-state index in [4.69, 9.17) is 5.73 Å². The highest BCUT2D eigenvalue weighted by molar-refractivity contribution is 9.11. The standard InChI is InChI=1S/C14H23BrN2OS/c1-3-10(16)14(12-4-5-13(15)19-12)17-7-6-11(18)9(2)8-17/h4-5,9-11,14,18H,3,6-8,16H2,1-2H3. The van der Waals surface area contributed by atoms with E-state index in [1.807, 2.05) is 0 Å². The van der Waals surface area contributed by atoms with Gasteiger partial charge in [-0.3, -0.25) is 4.90 Å². The maximum absolute atomic E-state index is 9.88. The fraction of sp³-hybridized carbons (Fsp3) is 0.714. The van der Waals surface area contributed by atoms with Gasteiger partial charge in [-0.05, 0) is 46.8 Å². The van der Waals surface area contributed by atoms with Crippen molar-refractivity contribution in [3.8, 4) is 0 Å². The molecule has 5 heteroatoms. The van der Waals surface area contributed by atoms with Crippen LogP contribution >= 0.6 is 27.3 Å². The van der Waals surface area contributed by atoms with Gasteiger partial charge in [0.05, 0.1) is 15.9 Å². The van der Waals surface area contributed by atoms with Crippen molar-refractivity contribution in [2.24, 2.45) is 11.7 Å². The van der Waals surface area contributed by atoms with Crippen LogP contribution in [0.1, 0.15) is 37.6 Å². The minimum Gasteiger partial charge on any atom is -0.393 e. The minimum absolute atomic E-state index is 0.146. The molecule has 0 amide bonds. The van der Waals surface area contributed by atoms with Gasteiger partial charge in [-0.1, -0.05) is 13.8 Å². The van der Waals surface area contributed by atoms with Gasteiger partial charge in [0.2, 0.25) is 0 Å².